The summed E-state index contributed by atoms with van der Waals surface area (Å²) in [5.74, 6) is 0. The number of rotatable bonds is 5. The van der Waals surface area contributed by atoms with Crippen molar-refractivity contribution in [3.05, 3.63) is 45.8 Å². The summed E-state index contributed by atoms with van der Waals surface area (Å²) in [7, 11) is -3.83. The maximum Gasteiger partial charge on any atom is 0.242 e. The molecule has 0 aliphatic heterocycles. The Balaban J connectivity index is 2.31. The lowest BCUT2D eigenvalue weighted by Gasteiger charge is -2.10. The average molecular weight is 336 g/mol. The lowest BCUT2D eigenvalue weighted by atomic mass is 10.2. The summed E-state index contributed by atoms with van der Waals surface area (Å²) < 4.78 is 31.4. The Bertz CT molecular complexity index is 702. The van der Waals surface area contributed by atoms with Gasteiger partial charge >= 0.3 is 0 Å². The third-order valence-electron chi connectivity index (χ3n) is 2.52. The number of hydrogen-bond donors (Lipinski definition) is 2. The molecule has 1 aromatic carbocycles. The van der Waals surface area contributed by atoms with Crippen LogP contribution in [0.3, 0.4) is 0 Å². The van der Waals surface area contributed by atoms with Gasteiger partial charge in [-0.25, -0.2) is 13.1 Å². The topological polar surface area (TPSA) is 98.2 Å². The highest BCUT2D eigenvalue weighted by Crippen LogP contribution is 2.29. The van der Waals surface area contributed by atoms with Crippen molar-refractivity contribution in [3.8, 4) is 0 Å². The van der Waals surface area contributed by atoms with Crippen molar-refractivity contribution in [3.63, 3.8) is 0 Å². The second kappa shape index (κ2) is 6.11. The number of nitrogens with zero attached hydrogens (tertiary/aromatic N) is 1. The van der Waals surface area contributed by atoms with E-state index in [-0.39, 0.29) is 28.0 Å². The third-order valence-corrected chi connectivity index (χ3v) is 4.73. The van der Waals surface area contributed by atoms with Gasteiger partial charge in [-0.05, 0) is 17.7 Å². The molecule has 0 fully saturated rings. The molecule has 0 saturated heterocycles. The lowest BCUT2D eigenvalue weighted by Crippen LogP contribution is -2.24. The molecule has 0 bridgehead atoms. The zero-order chi connectivity index (χ0) is 14.8. The molecule has 0 saturated carbocycles. The molecule has 1 heterocycles. The number of aromatic nitrogens is 1. The van der Waals surface area contributed by atoms with Gasteiger partial charge < -0.3 is 10.3 Å². The largest absolute Gasteiger partial charge is 0.364 e. The molecule has 0 aliphatic rings. The van der Waals surface area contributed by atoms with E-state index in [0.29, 0.717) is 11.3 Å². The minimum Gasteiger partial charge on any atom is -0.364 e. The molecule has 3 N–H and O–H groups in total. The van der Waals surface area contributed by atoms with Crippen molar-refractivity contribution in [1.82, 2.24) is 9.88 Å². The first-order chi connectivity index (χ1) is 9.44. The van der Waals surface area contributed by atoms with Gasteiger partial charge in [-0.1, -0.05) is 28.4 Å². The van der Waals surface area contributed by atoms with Crippen LogP contribution in [0.1, 0.15) is 11.3 Å². The van der Waals surface area contributed by atoms with Crippen LogP contribution in [0.4, 0.5) is 0 Å². The minimum atomic E-state index is -3.83. The minimum absolute atomic E-state index is 0.0143. The van der Waals surface area contributed by atoms with E-state index < -0.39 is 10.0 Å². The van der Waals surface area contributed by atoms with Gasteiger partial charge in [0.1, 0.15) is 11.2 Å². The fourth-order valence-corrected chi connectivity index (χ4v) is 3.48. The lowest BCUT2D eigenvalue weighted by molar-refractivity contribution is 0.411. The predicted octanol–water partition coefficient (Wildman–Crippen LogP) is 1.92. The van der Waals surface area contributed by atoms with Gasteiger partial charge in [0.2, 0.25) is 10.0 Å². The van der Waals surface area contributed by atoms with E-state index in [1.165, 1.54) is 18.4 Å². The van der Waals surface area contributed by atoms with Crippen LogP contribution in [0.25, 0.3) is 0 Å². The van der Waals surface area contributed by atoms with Gasteiger partial charge in [-0.3, -0.25) is 0 Å². The highest BCUT2D eigenvalue weighted by Gasteiger charge is 2.21. The second-order valence-corrected chi connectivity index (χ2v) is 6.45. The van der Waals surface area contributed by atoms with Crippen LogP contribution in [0.5, 0.6) is 0 Å². The zero-order valence-electron chi connectivity index (χ0n) is 10.1. The molecule has 6 nitrogen and oxygen atoms in total. The first-order valence-electron chi connectivity index (χ1n) is 5.51. The Labute approximate surface area is 125 Å². The molecule has 0 amide bonds. The zero-order valence-corrected chi connectivity index (χ0v) is 12.5. The molecule has 20 heavy (non-hydrogen) atoms. The molecule has 1 aromatic heterocycles. The van der Waals surface area contributed by atoms with Gasteiger partial charge in [0.25, 0.3) is 0 Å². The van der Waals surface area contributed by atoms with Crippen molar-refractivity contribution in [2.24, 2.45) is 5.73 Å². The van der Waals surface area contributed by atoms with Crippen LogP contribution in [0.15, 0.2) is 33.9 Å². The Kier molecular flexibility index (Phi) is 4.66. The Morgan fingerprint density at radius 1 is 1.35 bits per heavy atom. The molecule has 0 aliphatic carbocycles. The average Bonchev–Trinajstić information content (AvgIpc) is 2.92. The van der Waals surface area contributed by atoms with Crippen molar-refractivity contribution in [2.45, 2.75) is 18.0 Å². The molecule has 0 atom stereocenters. The van der Waals surface area contributed by atoms with Gasteiger partial charge in [-0.15, -0.1) is 0 Å². The van der Waals surface area contributed by atoms with Crippen LogP contribution in [0.2, 0.25) is 10.0 Å². The van der Waals surface area contributed by atoms with Gasteiger partial charge in [0.15, 0.2) is 0 Å². The normalized spacial score (nSPS) is 11.8. The Hall–Kier alpha value is -1.12. The summed E-state index contributed by atoms with van der Waals surface area (Å²) in [6.07, 6.45) is 1.35. The summed E-state index contributed by atoms with van der Waals surface area (Å²) in [5, 5.41) is 3.91. The smallest absolute Gasteiger partial charge is 0.242 e. The summed E-state index contributed by atoms with van der Waals surface area (Å²) in [5.41, 5.74) is 6.41. The molecule has 0 radical (unpaired) electrons. The highest BCUT2D eigenvalue weighted by atomic mass is 35.5. The molecular formula is C11H11Cl2N3O3S. The Morgan fingerprint density at radius 2 is 2.10 bits per heavy atom. The Morgan fingerprint density at radius 3 is 2.70 bits per heavy atom. The van der Waals surface area contributed by atoms with E-state index in [4.69, 9.17) is 28.9 Å². The van der Waals surface area contributed by atoms with Crippen LogP contribution >= 0.6 is 23.2 Å². The maximum absolute atomic E-state index is 12.2. The number of nitrogens with one attached hydrogen (secondary N) is 1. The van der Waals surface area contributed by atoms with Gasteiger partial charge in [-0.2, -0.15) is 0 Å². The molecule has 0 spiro atoms. The summed E-state index contributed by atoms with van der Waals surface area (Å²) in [6.45, 7) is 0.0742. The van der Waals surface area contributed by atoms with Crippen LogP contribution in [-0.2, 0) is 23.1 Å². The van der Waals surface area contributed by atoms with Gasteiger partial charge in [0, 0.05) is 17.6 Å². The quantitative estimate of drug-likeness (QED) is 0.869. The van der Waals surface area contributed by atoms with E-state index in [0.717, 1.165) is 0 Å². The summed E-state index contributed by atoms with van der Waals surface area (Å²) in [4.78, 5) is -0.115. The SMILES string of the molecule is NCc1cc(Cl)cc(S(=O)(=O)NCc2ccon2)c1Cl. The fourth-order valence-electron chi connectivity index (χ4n) is 1.54. The number of sulfonamides is 1. The number of nitrogens with two attached hydrogens (primary N) is 1. The number of halogens is 2. The van der Waals surface area contributed by atoms with Crippen LogP contribution in [0, 0.1) is 0 Å². The van der Waals surface area contributed by atoms with E-state index >= 15 is 0 Å². The van der Waals surface area contributed by atoms with E-state index in [1.807, 2.05) is 0 Å². The molecule has 2 rings (SSSR count). The monoisotopic (exact) mass is 335 g/mol. The van der Waals surface area contributed by atoms with Crippen molar-refractivity contribution >= 4 is 33.2 Å². The molecule has 2 aromatic rings. The first kappa shape index (κ1) is 15.3. The van der Waals surface area contributed by atoms with Crippen molar-refractivity contribution < 1.29 is 12.9 Å². The molecule has 108 valence electrons. The van der Waals surface area contributed by atoms with Crippen LogP contribution in [-0.4, -0.2) is 13.6 Å². The van der Waals surface area contributed by atoms with E-state index in [9.17, 15) is 8.42 Å². The molecular weight excluding hydrogens is 325 g/mol. The maximum atomic E-state index is 12.2. The fraction of sp³-hybridized carbons (Fsp3) is 0.182. The standard InChI is InChI=1S/C11H11Cl2N3O3S/c12-8-3-7(5-14)11(13)10(4-8)20(17,18)15-6-9-1-2-19-16-9/h1-4,15H,5-6,14H2. The first-order valence-corrected chi connectivity index (χ1v) is 7.75. The summed E-state index contributed by atoms with van der Waals surface area (Å²) in [6, 6.07) is 4.35. The third kappa shape index (κ3) is 3.31. The highest BCUT2D eigenvalue weighted by molar-refractivity contribution is 7.89. The molecule has 0 unspecified atom stereocenters. The van der Waals surface area contributed by atoms with Crippen molar-refractivity contribution in [2.75, 3.05) is 0 Å². The predicted molar refractivity (Wildman–Crippen MR) is 74.9 cm³/mol. The summed E-state index contributed by atoms with van der Waals surface area (Å²) >= 11 is 11.9. The second-order valence-electron chi connectivity index (χ2n) is 3.90. The number of hydrogen-bond acceptors (Lipinski definition) is 5. The van der Waals surface area contributed by atoms with E-state index in [1.54, 1.807) is 6.07 Å². The van der Waals surface area contributed by atoms with Crippen LogP contribution < -0.4 is 10.5 Å². The van der Waals surface area contributed by atoms with Crippen molar-refractivity contribution in [1.29, 1.82) is 0 Å². The van der Waals surface area contributed by atoms with Gasteiger partial charge in [0.05, 0.1) is 17.3 Å². The number of benzene rings is 1. The van der Waals surface area contributed by atoms with E-state index in [2.05, 4.69) is 14.4 Å². The molecule has 9 heteroatoms.